The third-order valence-electron chi connectivity index (χ3n) is 7.26. The van der Waals surface area contributed by atoms with E-state index in [1.807, 2.05) is 0 Å². The summed E-state index contributed by atoms with van der Waals surface area (Å²) < 4.78 is 0. The second kappa shape index (κ2) is 8.52. The van der Waals surface area contributed by atoms with Gasteiger partial charge >= 0.3 is 0 Å². The molecule has 0 N–H and O–H groups in total. The van der Waals surface area contributed by atoms with E-state index in [-0.39, 0.29) is 12.4 Å². The lowest BCUT2D eigenvalue weighted by Crippen LogP contribution is -2.47. The van der Waals surface area contributed by atoms with E-state index in [0.29, 0.717) is 16.7 Å². The summed E-state index contributed by atoms with van der Waals surface area (Å²) in [5.74, 6) is 0.708. The van der Waals surface area contributed by atoms with Crippen molar-refractivity contribution in [2.24, 2.45) is 10.8 Å². The number of hydrogen-bond acceptors (Lipinski definition) is 2. The van der Waals surface area contributed by atoms with Crippen LogP contribution in [0.5, 0.6) is 0 Å². The van der Waals surface area contributed by atoms with Crippen molar-refractivity contribution in [3.05, 3.63) is 29.8 Å². The van der Waals surface area contributed by atoms with Gasteiger partial charge in [0.15, 0.2) is 0 Å². The average molecular weight is 379 g/mol. The van der Waals surface area contributed by atoms with Crippen molar-refractivity contribution < 1.29 is 0 Å². The van der Waals surface area contributed by atoms with Gasteiger partial charge in [0.1, 0.15) is 0 Å². The van der Waals surface area contributed by atoms with Gasteiger partial charge in [-0.3, -0.25) is 4.90 Å². The maximum absolute atomic E-state index is 2.65. The molecule has 1 aliphatic heterocycles. The number of hydrogen-bond donors (Lipinski definition) is 0. The topological polar surface area (TPSA) is 6.48 Å². The predicted octanol–water partition coefficient (Wildman–Crippen LogP) is 5.96. The molecule has 148 valence electrons. The number of halogens is 1. The monoisotopic (exact) mass is 378 g/mol. The Kier molecular flexibility index (Phi) is 7.07. The van der Waals surface area contributed by atoms with Crippen LogP contribution in [0, 0.1) is 10.8 Å². The number of nitrogens with zero attached hydrogens (tertiary/aromatic N) is 2. The summed E-state index contributed by atoms with van der Waals surface area (Å²) in [5.41, 5.74) is 3.95. The van der Waals surface area contributed by atoms with Gasteiger partial charge in [0.25, 0.3) is 0 Å². The number of unbranched alkanes of at least 4 members (excludes halogenated alkanes) is 1. The molecule has 26 heavy (non-hydrogen) atoms. The van der Waals surface area contributed by atoms with Crippen molar-refractivity contribution in [3.8, 4) is 0 Å². The van der Waals surface area contributed by atoms with Gasteiger partial charge in [0.2, 0.25) is 0 Å². The Labute approximate surface area is 167 Å². The summed E-state index contributed by atoms with van der Waals surface area (Å²) in [5, 5.41) is 0. The van der Waals surface area contributed by atoms with Crippen LogP contribution in [-0.2, 0) is 0 Å². The van der Waals surface area contributed by atoms with Gasteiger partial charge in [-0.25, -0.2) is 0 Å². The molecular formula is C23H39ClN2. The molecular weight excluding hydrogens is 340 g/mol. The molecule has 1 saturated carbocycles. The van der Waals surface area contributed by atoms with E-state index in [1.165, 1.54) is 64.1 Å². The Bertz CT molecular complexity index is 557. The molecule has 0 spiro atoms. The molecule has 3 heteroatoms. The minimum absolute atomic E-state index is 0. The number of rotatable bonds is 5. The highest BCUT2D eigenvalue weighted by molar-refractivity contribution is 5.85. The van der Waals surface area contributed by atoms with Crippen molar-refractivity contribution in [1.29, 1.82) is 0 Å². The standard InChI is InChI=1S/C23H38N2.ClH/c1-6-7-12-24-13-15-25(16-14-24)21-11-9-8-10-20(21)19-17-22(2,3)23(4,5)18-19;/h8-11,19H,6-7,12-18H2,1-5H3;1H. The van der Waals surface area contributed by atoms with Crippen LogP contribution in [-0.4, -0.2) is 37.6 Å². The van der Waals surface area contributed by atoms with Crippen LogP contribution in [0.3, 0.4) is 0 Å². The molecule has 2 nitrogen and oxygen atoms in total. The fraction of sp³-hybridized carbons (Fsp3) is 0.739. The zero-order chi connectivity index (χ0) is 18.1. The summed E-state index contributed by atoms with van der Waals surface area (Å²) >= 11 is 0. The zero-order valence-corrected chi connectivity index (χ0v) is 18.4. The van der Waals surface area contributed by atoms with Crippen molar-refractivity contribution in [2.75, 3.05) is 37.6 Å². The molecule has 2 aliphatic rings. The fourth-order valence-electron chi connectivity index (χ4n) is 4.79. The van der Waals surface area contributed by atoms with Crippen LogP contribution >= 0.6 is 12.4 Å². The van der Waals surface area contributed by atoms with E-state index < -0.39 is 0 Å². The molecule has 0 aromatic heterocycles. The molecule has 2 fully saturated rings. The molecule has 0 radical (unpaired) electrons. The van der Waals surface area contributed by atoms with Crippen LogP contribution < -0.4 is 4.90 Å². The number of piperazine rings is 1. The molecule has 1 aromatic rings. The molecule has 3 rings (SSSR count). The van der Waals surface area contributed by atoms with Crippen LogP contribution in [0.2, 0.25) is 0 Å². The number of para-hydroxylation sites is 1. The fourth-order valence-corrected chi connectivity index (χ4v) is 4.79. The largest absolute Gasteiger partial charge is 0.369 e. The lowest BCUT2D eigenvalue weighted by Gasteiger charge is -2.37. The number of benzene rings is 1. The van der Waals surface area contributed by atoms with Crippen LogP contribution in [0.1, 0.15) is 71.8 Å². The van der Waals surface area contributed by atoms with Crippen molar-refractivity contribution in [2.45, 2.75) is 66.2 Å². The first-order chi connectivity index (χ1) is 11.8. The van der Waals surface area contributed by atoms with Gasteiger partial charge in [-0.2, -0.15) is 0 Å². The first-order valence-electron chi connectivity index (χ1n) is 10.4. The van der Waals surface area contributed by atoms with Gasteiger partial charge in [0.05, 0.1) is 0 Å². The first-order valence-corrected chi connectivity index (χ1v) is 10.4. The Hall–Kier alpha value is -0.730. The molecule has 0 unspecified atom stereocenters. The summed E-state index contributed by atoms with van der Waals surface area (Å²) in [4.78, 5) is 5.29. The second-order valence-corrected chi connectivity index (χ2v) is 9.61. The third kappa shape index (κ3) is 4.39. The van der Waals surface area contributed by atoms with E-state index in [1.54, 1.807) is 5.56 Å². The summed E-state index contributed by atoms with van der Waals surface area (Å²) in [6.45, 7) is 18.2. The van der Waals surface area contributed by atoms with Gasteiger partial charge in [-0.1, -0.05) is 59.2 Å². The Morgan fingerprint density at radius 2 is 1.50 bits per heavy atom. The highest BCUT2D eigenvalue weighted by atomic mass is 35.5. The lowest BCUT2D eigenvalue weighted by atomic mass is 9.71. The summed E-state index contributed by atoms with van der Waals surface area (Å²) in [7, 11) is 0. The Morgan fingerprint density at radius 1 is 0.923 bits per heavy atom. The first kappa shape index (κ1) is 21.6. The van der Waals surface area contributed by atoms with Gasteiger partial charge in [0, 0.05) is 31.9 Å². The van der Waals surface area contributed by atoms with Crippen LogP contribution in [0.15, 0.2) is 24.3 Å². The van der Waals surface area contributed by atoms with Crippen molar-refractivity contribution >= 4 is 18.1 Å². The molecule has 0 atom stereocenters. The highest BCUT2D eigenvalue weighted by Gasteiger charge is 2.47. The van der Waals surface area contributed by atoms with Crippen molar-refractivity contribution in [1.82, 2.24) is 4.90 Å². The Morgan fingerprint density at radius 3 is 2.08 bits per heavy atom. The SMILES string of the molecule is CCCCN1CCN(c2ccccc2C2CC(C)(C)C(C)(C)C2)CC1.Cl. The van der Waals surface area contributed by atoms with E-state index in [0.717, 1.165) is 0 Å². The molecule has 0 amide bonds. The molecule has 0 bridgehead atoms. The molecule has 1 aliphatic carbocycles. The van der Waals surface area contributed by atoms with Gasteiger partial charge in [-0.05, 0) is 54.2 Å². The lowest BCUT2D eigenvalue weighted by molar-refractivity contribution is 0.157. The molecule has 1 heterocycles. The van der Waals surface area contributed by atoms with Gasteiger partial charge < -0.3 is 4.90 Å². The quantitative estimate of drug-likeness (QED) is 0.623. The molecule has 1 saturated heterocycles. The maximum atomic E-state index is 2.65. The maximum Gasteiger partial charge on any atom is 0.0402 e. The zero-order valence-electron chi connectivity index (χ0n) is 17.6. The Balaban J connectivity index is 0.00000243. The van der Waals surface area contributed by atoms with Crippen LogP contribution in [0.4, 0.5) is 5.69 Å². The number of anilines is 1. The van der Waals surface area contributed by atoms with E-state index in [4.69, 9.17) is 0 Å². The molecule has 1 aromatic carbocycles. The van der Waals surface area contributed by atoms with Crippen LogP contribution in [0.25, 0.3) is 0 Å². The third-order valence-corrected chi connectivity index (χ3v) is 7.26. The second-order valence-electron chi connectivity index (χ2n) is 9.61. The summed E-state index contributed by atoms with van der Waals surface area (Å²) in [6, 6.07) is 9.25. The average Bonchev–Trinajstić information content (AvgIpc) is 2.81. The smallest absolute Gasteiger partial charge is 0.0402 e. The van der Waals surface area contributed by atoms with Gasteiger partial charge in [-0.15, -0.1) is 12.4 Å². The normalized spacial score (nSPS) is 23.0. The van der Waals surface area contributed by atoms with E-state index >= 15 is 0 Å². The summed E-state index contributed by atoms with van der Waals surface area (Å²) in [6.07, 6.45) is 5.26. The predicted molar refractivity (Wildman–Crippen MR) is 117 cm³/mol. The highest BCUT2D eigenvalue weighted by Crippen LogP contribution is 2.58. The van der Waals surface area contributed by atoms with E-state index in [9.17, 15) is 0 Å². The minimum atomic E-state index is 0. The van der Waals surface area contributed by atoms with Crippen molar-refractivity contribution in [3.63, 3.8) is 0 Å². The minimum Gasteiger partial charge on any atom is -0.369 e. The van der Waals surface area contributed by atoms with E-state index in [2.05, 4.69) is 68.7 Å².